The van der Waals surface area contributed by atoms with Crippen LogP contribution in [0.5, 0.6) is 0 Å². The molecule has 0 atom stereocenters. The summed E-state index contributed by atoms with van der Waals surface area (Å²) in [5.74, 6) is 0. The second-order valence-electron chi connectivity index (χ2n) is 1.83. The summed E-state index contributed by atoms with van der Waals surface area (Å²) in [4.78, 5) is 3.69. The van der Waals surface area contributed by atoms with E-state index in [-0.39, 0.29) is 5.56 Å². The van der Waals surface area contributed by atoms with Crippen molar-refractivity contribution in [3.63, 3.8) is 0 Å². The number of rotatable bonds is 1. The fourth-order valence-corrected chi connectivity index (χ4v) is 2.01. The van der Waals surface area contributed by atoms with Crippen LogP contribution >= 0.6 is 38.5 Å². The molecule has 0 fully saturated rings. The number of nitrogens with zero attached hydrogens (tertiary/aromatic N) is 1. The van der Waals surface area contributed by atoms with Crippen LogP contribution in [0.4, 0.5) is 8.78 Å². The molecule has 0 amide bonds. The number of hydrogen-bond donors (Lipinski definition) is 0. The van der Waals surface area contributed by atoms with E-state index in [1.165, 1.54) is 6.20 Å². The van der Waals surface area contributed by atoms with Gasteiger partial charge in [0.15, 0.2) is 0 Å². The van der Waals surface area contributed by atoms with Crippen LogP contribution in [0.3, 0.4) is 0 Å². The summed E-state index contributed by atoms with van der Waals surface area (Å²) in [6.07, 6.45) is -1.27. The van der Waals surface area contributed by atoms with Gasteiger partial charge < -0.3 is 0 Å². The maximum Gasteiger partial charge on any atom is 0.266 e. The summed E-state index contributed by atoms with van der Waals surface area (Å²) >= 11 is 4.94. The molecule has 1 aromatic rings. The Morgan fingerprint density at radius 1 is 1.55 bits per heavy atom. The van der Waals surface area contributed by atoms with Crippen molar-refractivity contribution in [3.05, 3.63) is 26.0 Å². The van der Waals surface area contributed by atoms with Crippen LogP contribution < -0.4 is 0 Å². The van der Waals surface area contributed by atoms with Crippen LogP contribution in [0.25, 0.3) is 0 Å². The molecule has 0 unspecified atom stereocenters. The van der Waals surface area contributed by atoms with Crippen molar-refractivity contribution in [3.8, 4) is 0 Å². The Morgan fingerprint density at radius 2 is 2.18 bits per heavy atom. The largest absolute Gasteiger partial charge is 0.266 e. The summed E-state index contributed by atoms with van der Waals surface area (Å²) < 4.78 is 25.3. The summed E-state index contributed by atoms with van der Waals surface area (Å²) in [6.45, 7) is 0. The summed E-state index contributed by atoms with van der Waals surface area (Å²) in [6, 6.07) is 1.56. The number of alkyl halides is 2. The molecule has 0 saturated carbocycles. The van der Waals surface area contributed by atoms with Gasteiger partial charge in [0, 0.05) is 15.3 Å². The van der Waals surface area contributed by atoms with E-state index in [2.05, 4.69) is 20.9 Å². The molecule has 0 N–H and O–H groups in total. The smallest absolute Gasteiger partial charge is 0.249 e. The molecule has 0 aromatic carbocycles. The van der Waals surface area contributed by atoms with E-state index in [9.17, 15) is 8.78 Å². The van der Waals surface area contributed by atoms with Crippen LogP contribution in [0.2, 0.25) is 0 Å². The average Bonchev–Trinajstić information content (AvgIpc) is 1.85. The van der Waals surface area contributed by atoms with E-state index >= 15 is 0 Å². The van der Waals surface area contributed by atoms with Gasteiger partial charge in [-0.25, -0.2) is 13.8 Å². The van der Waals surface area contributed by atoms with E-state index in [1.54, 1.807) is 6.07 Å². The topological polar surface area (TPSA) is 12.9 Å². The lowest BCUT2D eigenvalue weighted by atomic mass is 10.3. The maximum absolute atomic E-state index is 12.1. The SMILES string of the molecule is FC(F)c1cnc(Br)cc1I. The second kappa shape index (κ2) is 3.75. The van der Waals surface area contributed by atoms with Crippen molar-refractivity contribution in [2.75, 3.05) is 0 Å². The van der Waals surface area contributed by atoms with Crippen LogP contribution in [0, 0.1) is 3.57 Å². The number of aromatic nitrogens is 1. The molecule has 0 spiro atoms. The Labute approximate surface area is 84.5 Å². The highest BCUT2D eigenvalue weighted by Gasteiger charge is 2.11. The number of pyridine rings is 1. The lowest BCUT2D eigenvalue weighted by molar-refractivity contribution is 0.150. The molecular formula is C6H3BrF2IN. The molecule has 0 saturated heterocycles. The average molecular weight is 334 g/mol. The molecule has 1 aromatic heterocycles. The van der Waals surface area contributed by atoms with Crippen molar-refractivity contribution in [1.82, 2.24) is 4.98 Å². The van der Waals surface area contributed by atoms with E-state index < -0.39 is 6.43 Å². The van der Waals surface area contributed by atoms with Gasteiger partial charge in [0.2, 0.25) is 0 Å². The molecule has 0 radical (unpaired) electrons. The molecule has 0 bridgehead atoms. The van der Waals surface area contributed by atoms with Crippen molar-refractivity contribution < 1.29 is 8.78 Å². The first kappa shape index (κ1) is 9.31. The minimum Gasteiger partial charge on any atom is -0.249 e. The van der Waals surface area contributed by atoms with Crippen LogP contribution in [-0.4, -0.2) is 4.98 Å². The molecule has 5 heteroatoms. The van der Waals surface area contributed by atoms with Gasteiger partial charge in [0.1, 0.15) is 4.60 Å². The highest BCUT2D eigenvalue weighted by atomic mass is 127. The minimum atomic E-state index is -2.44. The minimum absolute atomic E-state index is 0.0196. The Kier molecular flexibility index (Phi) is 3.17. The Bertz CT molecular complexity index is 267. The first-order chi connectivity index (χ1) is 5.11. The molecule has 1 rings (SSSR count). The maximum atomic E-state index is 12.1. The van der Waals surface area contributed by atoms with Crippen molar-refractivity contribution in [2.45, 2.75) is 6.43 Å². The predicted molar refractivity (Wildman–Crippen MR) is 49.6 cm³/mol. The quantitative estimate of drug-likeness (QED) is 0.567. The van der Waals surface area contributed by atoms with Crippen molar-refractivity contribution >= 4 is 38.5 Å². The highest BCUT2D eigenvalue weighted by molar-refractivity contribution is 14.1. The predicted octanol–water partition coefficient (Wildman–Crippen LogP) is 3.39. The van der Waals surface area contributed by atoms with E-state index in [4.69, 9.17) is 0 Å². The zero-order valence-corrected chi connectivity index (χ0v) is 8.93. The second-order valence-corrected chi connectivity index (χ2v) is 3.80. The van der Waals surface area contributed by atoms with Crippen LogP contribution in [0.15, 0.2) is 16.9 Å². The monoisotopic (exact) mass is 333 g/mol. The number of hydrogen-bond acceptors (Lipinski definition) is 1. The van der Waals surface area contributed by atoms with Gasteiger partial charge in [-0.2, -0.15) is 0 Å². The first-order valence-corrected chi connectivity index (χ1v) is 4.57. The van der Waals surface area contributed by atoms with E-state index in [0.717, 1.165) is 0 Å². The Morgan fingerprint density at radius 3 is 2.64 bits per heavy atom. The summed E-state index contributed by atoms with van der Waals surface area (Å²) in [5.41, 5.74) is -0.0196. The van der Waals surface area contributed by atoms with E-state index in [0.29, 0.717) is 8.17 Å². The van der Waals surface area contributed by atoms with Gasteiger partial charge in [0.05, 0.1) is 0 Å². The zero-order valence-electron chi connectivity index (χ0n) is 5.19. The van der Waals surface area contributed by atoms with Crippen molar-refractivity contribution in [2.24, 2.45) is 0 Å². The summed E-state index contributed by atoms with van der Waals surface area (Å²) in [5, 5.41) is 0. The van der Waals surface area contributed by atoms with Gasteiger partial charge >= 0.3 is 0 Å². The van der Waals surface area contributed by atoms with Gasteiger partial charge in [-0.05, 0) is 44.6 Å². The van der Waals surface area contributed by atoms with Crippen LogP contribution in [-0.2, 0) is 0 Å². The molecule has 60 valence electrons. The fraction of sp³-hybridized carbons (Fsp3) is 0.167. The molecular weight excluding hydrogens is 331 g/mol. The molecule has 0 aliphatic rings. The number of halogens is 4. The Balaban J connectivity index is 3.09. The molecule has 0 aliphatic carbocycles. The lowest BCUT2D eigenvalue weighted by Crippen LogP contribution is -1.90. The molecule has 0 aliphatic heterocycles. The molecule has 1 heterocycles. The van der Waals surface area contributed by atoms with Gasteiger partial charge in [-0.15, -0.1) is 0 Å². The normalized spacial score (nSPS) is 10.6. The molecule has 11 heavy (non-hydrogen) atoms. The van der Waals surface area contributed by atoms with Crippen molar-refractivity contribution in [1.29, 1.82) is 0 Å². The highest BCUT2D eigenvalue weighted by Crippen LogP contribution is 2.24. The third-order valence-corrected chi connectivity index (χ3v) is 2.45. The van der Waals surface area contributed by atoms with E-state index in [1.807, 2.05) is 22.6 Å². The fourth-order valence-electron chi connectivity index (χ4n) is 0.579. The lowest BCUT2D eigenvalue weighted by Gasteiger charge is -2.01. The summed E-state index contributed by atoms with van der Waals surface area (Å²) in [7, 11) is 0. The first-order valence-electron chi connectivity index (χ1n) is 2.70. The molecule has 1 nitrogen and oxygen atoms in total. The van der Waals surface area contributed by atoms with Gasteiger partial charge in [-0.3, -0.25) is 0 Å². The zero-order chi connectivity index (χ0) is 8.43. The Hall–Kier alpha value is 0.220. The van der Waals surface area contributed by atoms with Crippen LogP contribution in [0.1, 0.15) is 12.0 Å². The standard InChI is InChI=1S/C6H3BrF2IN/c7-5-1-4(10)3(2-11-5)6(8)9/h1-2,6H. The third kappa shape index (κ3) is 2.33. The van der Waals surface area contributed by atoms with Gasteiger partial charge in [0.25, 0.3) is 6.43 Å². The van der Waals surface area contributed by atoms with Gasteiger partial charge in [-0.1, -0.05) is 0 Å². The third-order valence-electron chi connectivity index (χ3n) is 1.08.